The lowest BCUT2D eigenvalue weighted by Crippen LogP contribution is -2.48. The molecule has 1 N–H and O–H groups in total. The summed E-state index contributed by atoms with van der Waals surface area (Å²) in [6, 6.07) is 2.18. The third kappa shape index (κ3) is 1.43. The predicted octanol–water partition coefficient (Wildman–Crippen LogP) is 2.83. The van der Waals surface area contributed by atoms with Crippen molar-refractivity contribution >= 4 is 0 Å². The molecular weight excluding hydrogens is 186 g/mol. The molecule has 0 bridgehead atoms. The number of hydrogen-bond acceptors (Lipinski definition) is 2. The molecule has 0 unspecified atom stereocenters. The van der Waals surface area contributed by atoms with Crippen LogP contribution in [0.15, 0.2) is 16.7 Å². The van der Waals surface area contributed by atoms with Crippen molar-refractivity contribution in [3.05, 3.63) is 23.7 Å². The minimum absolute atomic E-state index is 0.257. The Morgan fingerprint density at radius 2 is 2.20 bits per heavy atom. The maximum absolute atomic E-state index is 5.57. The molecule has 1 aliphatic heterocycles. The van der Waals surface area contributed by atoms with Crippen LogP contribution in [0.5, 0.6) is 0 Å². The highest BCUT2D eigenvalue weighted by Crippen LogP contribution is 2.42. The molecule has 2 heteroatoms. The van der Waals surface area contributed by atoms with Crippen molar-refractivity contribution in [1.82, 2.24) is 5.32 Å². The number of furan rings is 1. The van der Waals surface area contributed by atoms with Crippen LogP contribution < -0.4 is 5.32 Å². The number of fused-ring (bicyclic) bond motifs is 2. The summed E-state index contributed by atoms with van der Waals surface area (Å²) in [5.41, 5.74) is 1.70. The van der Waals surface area contributed by atoms with Crippen LogP contribution in [0.4, 0.5) is 0 Å². The average Bonchev–Trinajstić information content (AvgIpc) is 2.72. The standard InChI is InChI=1S/C13H19NO/c1-10-2-6-13(7-3-10)11-5-9-15-12(11)4-8-14-13/h5,9-10,14H,2-4,6-8H2,1H3. The summed E-state index contributed by atoms with van der Waals surface area (Å²) in [4.78, 5) is 0. The molecule has 1 aliphatic carbocycles. The van der Waals surface area contributed by atoms with E-state index in [9.17, 15) is 0 Å². The van der Waals surface area contributed by atoms with Gasteiger partial charge in [0, 0.05) is 24.1 Å². The van der Waals surface area contributed by atoms with E-state index in [1.54, 1.807) is 0 Å². The van der Waals surface area contributed by atoms with Crippen molar-refractivity contribution in [2.75, 3.05) is 6.54 Å². The SMILES string of the molecule is CC1CCC2(CC1)NCCc1occc12. The number of rotatable bonds is 0. The van der Waals surface area contributed by atoms with E-state index in [0.29, 0.717) is 0 Å². The Balaban J connectivity index is 1.94. The first-order valence-corrected chi connectivity index (χ1v) is 6.12. The van der Waals surface area contributed by atoms with Crippen molar-refractivity contribution in [3.8, 4) is 0 Å². The third-order valence-corrected chi connectivity index (χ3v) is 4.20. The molecule has 0 aromatic carbocycles. The molecule has 0 saturated heterocycles. The molecule has 2 aliphatic rings. The van der Waals surface area contributed by atoms with E-state index in [4.69, 9.17) is 4.42 Å². The first-order valence-electron chi connectivity index (χ1n) is 6.12. The molecule has 1 fully saturated rings. The predicted molar refractivity (Wildman–Crippen MR) is 59.7 cm³/mol. The molecule has 0 amide bonds. The minimum atomic E-state index is 0.257. The first kappa shape index (κ1) is 9.46. The molecule has 0 atom stereocenters. The summed E-state index contributed by atoms with van der Waals surface area (Å²) in [6.07, 6.45) is 8.16. The monoisotopic (exact) mass is 205 g/mol. The van der Waals surface area contributed by atoms with Crippen molar-refractivity contribution in [1.29, 1.82) is 0 Å². The van der Waals surface area contributed by atoms with E-state index in [2.05, 4.69) is 18.3 Å². The maximum Gasteiger partial charge on any atom is 0.110 e. The normalized spacial score (nSPS) is 35.4. The van der Waals surface area contributed by atoms with E-state index in [-0.39, 0.29) is 5.54 Å². The summed E-state index contributed by atoms with van der Waals surface area (Å²) in [7, 11) is 0. The molecule has 2 heterocycles. The van der Waals surface area contributed by atoms with Gasteiger partial charge >= 0.3 is 0 Å². The Hall–Kier alpha value is -0.760. The largest absolute Gasteiger partial charge is 0.469 e. The maximum atomic E-state index is 5.57. The molecule has 82 valence electrons. The molecule has 1 aromatic heterocycles. The Morgan fingerprint density at radius 1 is 1.40 bits per heavy atom. The third-order valence-electron chi connectivity index (χ3n) is 4.20. The summed E-state index contributed by atoms with van der Waals surface area (Å²) in [6.45, 7) is 3.45. The van der Waals surface area contributed by atoms with Gasteiger partial charge < -0.3 is 9.73 Å². The lowest BCUT2D eigenvalue weighted by Gasteiger charge is -2.42. The van der Waals surface area contributed by atoms with Gasteiger partial charge in [-0.2, -0.15) is 0 Å². The highest BCUT2D eigenvalue weighted by molar-refractivity contribution is 5.30. The fraction of sp³-hybridized carbons (Fsp3) is 0.692. The topological polar surface area (TPSA) is 25.2 Å². The van der Waals surface area contributed by atoms with Gasteiger partial charge in [-0.05, 0) is 37.7 Å². The lowest BCUT2D eigenvalue weighted by atomic mass is 9.72. The van der Waals surface area contributed by atoms with Crippen LogP contribution in [-0.4, -0.2) is 6.54 Å². The van der Waals surface area contributed by atoms with Crippen molar-refractivity contribution in [2.45, 2.75) is 44.6 Å². The second kappa shape index (κ2) is 3.38. The second-order valence-corrected chi connectivity index (χ2v) is 5.20. The molecule has 3 rings (SSSR count). The van der Waals surface area contributed by atoms with Crippen LogP contribution in [0.25, 0.3) is 0 Å². The quantitative estimate of drug-likeness (QED) is 0.704. The van der Waals surface area contributed by atoms with Gasteiger partial charge in [-0.25, -0.2) is 0 Å². The van der Waals surface area contributed by atoms with Gasteiger partial charge in [-0.1, -0.05) is 6.92 Å². The second-order valence-electron chi connectivity index (χ2n) is 5.20. The summed E-state index contributed by atoms with van der Waals surface area (Å²) in [5, 5.41) is 3.74. The van der Waals surface area contributed by atoms with Crippen molar-refractivity contribution in [2.24, 2.45) is 5.92 Å². The van der Waals surface area contributed by atoms with Crippen LogP contribution in [0, 0.1) is 5.92 Å². The van der Waals surface area contributed by atoms with Gasteiger partial charge in [-0.3, -0.25) is 0 Å². The van der Waals surface area contributed by atoms with Gasteiger partial charge in [0.05, 0.1) is 6.26 Å². The van der Waals surface area contributed by atoms with Crippen LogP contribution in [0.2, 0.25) is 0 Å². The van der Waals surface area contributed by atoms with Crippen LogP contribution >= 0.6 is 0 Å². The zero-order chi connectivity index (χ0) is 10.3. The number of nitrogens with one attached hydrogen (secondary N) is 1. The molecule has 2 nitrogen and oxygen atoms in total. The molecular formula is C13H19NO. The van der Waals surface area contributed by atoms with E-state index in [1.807, 2.05) is 6.26 Å². The Labute approximate surface area is 91.0 Å². The first-order chi connectivity index (χ1) is 7.30. The molecule has 0 radical (unpaired) electrons. The fourth-order valence-electron chi connectivity index (χ4n) is 3.17. The molecule has 1 spiro atoms. The van der Waals surface area contributed by atoms with Gasteiger partial charge in [0.25, 0.3) is 0 Å². The van der Waals surface area contributed by atoms with Gasteiger partial charge in [0.2, 0.25) is 0 Å². The number of hydrogen-bond donors (Lipinski definition) is 1. The zero-order valence-electron chi connectivity index (χ0n) is 9.38. The van der Waals surface area contributed by atoms with E-state index < -0.39 is 0 Å². The van der Waals surface area contributed by atoms with Crippen molar-refractivity contribution in [3.63, 3.8) is 0 Å². The summed E-state index contributed by atoms with van der Waals surface area (Å²) >= 11 is 0. The minimum Gasteiger partial charge on any atom is -0.469 e. The zero-order valence-corrected chi connectivity index (χ0v) is 9.38. The van der Waals surface area contributed by atoms with Gasteiger partial charge in [0.15, 0.2) is 0 Å². The Bertz CT molecular complexity index is 347. The summed E-state index contributed by atoms with van der Waals surface area (Å²) in [5.74, 6) is 2.12. The van der Waals surface area contributed by atoms with Crippen molar-refractivity contribution < 1.29 is 4.42 Å². The van der Waals surface area contributed by atoms with E-state index in [0.717, 1.165) is 18.9 Å². The van der Waals surface area contributed by atoms with Crippen LogP contribution in [0.3, 0.4) is 0 Å². The molecule has 15 heavy (non-hydrogen) atoms. The van der Waals surface area contributed by atoms with E-state index >= 15 is 0 Å². The van der Waals surface area contributed by atoms with Gasteiger partial charge in [-0.15, -0.1) is 0 Å². The van der Waals surface area contributed by atoms with Gasteiger partial charge in [0.1, 0.15) is 5.76 Å². The Kier molecular flexibility index (Phi) is 2.13. The highest BCUT2D eigenvalue weighted by atomic mass is 16.3. The Morgan fingerprint density at radius 3 is 3.00 bits per heavy atom. The fourth-order valence-corrected chi connectivity index (χ4v) is 3.17. The summed E-state index contributed by atoms with van der Waals surface area (Å²) < 4.78 is 5.57. The molecule has 1 saturated carbocycles. The van der Waals surface area contributed by atoms with E-state index in [1.165, 1.54) is 37.0 Å². The van der Waals surface area contributed by atoms with Crippen LogP contribution in [0.1, 0.15) is 43.9 Å². The lowest BCUT2D eigenvalue weighted by molar-refractivity contribution is 0.183. The average molecular weight is 205 g/mol. The highest BCUT2D eigenvalue weighted by Gasteiger charge is 2.40. The molecule has 1 aromatic rings. The smallest absolute Gasteiger partial charge is 0.110 e. The van der Waals surface area contributed by atoms with Crippen LogP contribution in [-0.2, 0) is 12.0 Å².